The molecule has 0 aliphatic heterocycles. The van der Waals surface area contributed by atoms with E-state index in [1.54, 1.807) is 26.2 Å². The van der Waals surface area contributed by atoms with Gasteiger partial charge in [0.15, 0.2) is 0 Å². The fourth-order valence-electron chi connectivity index (χ4n) is 3.17. The molecular formula is C23H25N5O4S. The number of pyridine rings is 1. The fourth-order valence-corrected chi connectivity index (χ4v) is 4.44. The molecule has 1 amide bonds. The third kappa shape index (κ3) is 5.11. The van der Waals surface area contributed by atoms with Crippen LogP contribution in [0.4, 0.5) is 11.6 Å². The first-order valence-electron chi connectivity index (χ1n) is 10.5. The van der Waals surface area contributed by atoms with Crippen LogP contribution in [0.5, 0.6) is 5.88 Å². The summed E-state index contributed by atoms with van der Waals surface area (Å²) in [6.45, 7) is 3.40. The summed E-state index contributed by atoms with van der Waals surface area (Å²) >= 11 is 0. The third-order valence-corrected chi connectivity index (χ3v) is 7.27. The number of hydrogen-bond donors (Lipinski definition) is 2. The van der Waals surface area contributed by atoms with Gasteiger partial charge < -0.3 is 10.1 Å². The minimum absolute atomic E-state index is 0.113. The van der Waals surface area contributed by atoms with Crippen molar-refractivity contribution in [2.24, 2.45) is 0 Å². The molecule has 1 aromatic carbocycles. The number of sulfonamides is 1. The van der Waals surface area contributed by atoms with Crippen LogP contribution >= 0.6 is 0 Å². The highest BCUT2D eigenvalue weighted by Crippen LogP contribution is 2.31. The molecule has 0 bridgehead atoms. The summed E-state index contributed by atoms with van der Waals surface area (Å²) in [6, 6.07) is 12.8. The van der Waals surface area contributed by atoms with Gasteiger partial charge in [-0.1, -0.05) is 18.2 Å². The van der Waals surface area contributed by atoms with E-state index in [1.807, 2.05) is 36.4 Å². The molecule has 1 fully saturated rings. The zero-order chi connectivity index (χ0) is 23.6. The molecule has 10 heteroatoms. The van der Waals surface area contributed by atoms with Crippen molar-refractivity contribution >= 4 is 27.6 Å². The van der Waals surface area contributed by atoms with Gasteiger partial charge in [0.1, 0.15) is 0 Å². The van der Waals surface area contributed by atoms with E-state index in [0.717, 1.165) is 11.1 Å². The number of nitrogens with one attached hydrogen (secondary N) is 2. The van der Waals surface area contributed by atoms with Crippen LogP contribution in [-0.2, 0) is 20.2 Å². The molecule has 2 heterocycles. The number of carbonyl (C=O) groups is 1. The number of amides is 1. The van der Waals surface area contributed by atoms with Crippen molar-refractivity contribution in [1.82, 2.24) is 15.0 Å². The molecule has 2 aromatic heterocycles. The Morgan fingerprint density at radius 1 is 1.09 bits per heavy atom. The molecule has 9 nitrogen and oxygen atoms in total. The molecule has 4 rings (SSSR count). The summed E-state index contributed by atoms with van der Waals surface area (Å²) in [5, 5.41) is 2.47. The molecule has 0 atom stereocenters. The molecular weight excluding hydrogens is 442 g/mol. The van der Waals surface area contributed by atoms with E-state index in [1.165, 1.54) is 13.2 Å². The van der Waals surface area contributed by atoms with Crippen LogP contribution in [0.2, 0.25) is 0 Å². The maximum absolute atomic E-state index is 13.1. The number of aromatic nitrogens is 3. The summed E-state index contributed by atoms with van der Waals surface area (Å²) in [4.78, 5) is 25.7. The van der Waals surface area contributed by atoms with Gasteiger partial charge in [-0.15, -0.1) is 0 Å². The van der Waals surface area contributed by atoms with Gasteiger partial charge >= 0.3 is 0 Å². The van der Waals surface area contributed by atoms with Crippen LogP contribution < -0.4 is 14.8 Å². The molecule has 2 N–H and O–H groups in total. The molecule has 1 saturated carbocycles. The van der Waals surface area contributed by atoms with Gasteiger partial charge in [-0.2, -0.15) is 4.98 Å². The highest BCUT2D eigenvalue weighted by atomic mass is 32.2. The Kier molecular flexibility index (Phi) is 6.03. The highest BCUT2D eigenvalue weighted by molar-refractivity contribution is 7.93. The SMILES string of the molecule is COc1cc(C(C)(C)C(=O)Nc2ccc(-c3cccnc3)cc2)nc(NS(=O)(=O)C2CC2)n1. The van der Waals surface area contributed by atoms with E-state index in [2.05, 4.69) is 25.0 Å². The summed E-state index contributed by atoms with van der Waals surface area (Å²) < 4.78 is 32.2. The van der Waals surface area contributed by atoms with Gasteiger partial charge in [-0.25, -0.2) is 13.4 Å². The van der Waals surface area contributed by atoms with Crippen LogP contribution in [0, 0.1) is 0 Å². The van der Waals surface area contributed by atoms with E-state index in [-0.39, 0.29) is 17.7 Å². The molecule has 3 aromatic rings. The number of anilines is 2. The monoisotopic (exact) mass is 467 g/mol. The zero-order valence-corrected chi connectivity index (χ0v) is 19.4. The lowest BCUT2D eigenvalue weighted by molar-refractivity contribution is -0.120. The normalized spacial score (nSPS) is 13.9. The first kappa shape index (κ1) is 22.7. The lowest BCUT2D eigenvalue weighted by Crippen LogP contribution is -2.36. The Bertz CT molecular complexity index is 1260. The largest absolute Gasteiger partial charge is 0.481 e. The van der Waals surface area contributed by atoms with Crippen molar-refractivity contribution < 1.29 is 17.9 Å². The topological polar surface area (TPSA) is 123 Å². The van der Waals surface area contributed by atoms with Gasteiger partial charge in [0, 0.05) is 24.1 Å². The number of rotatable bonds is 8. The molecule has 33 heavy (non-hydrogen) atoms. The second-order valence-electron chi connectivity index (χ2n) is 8.36. The van der Waals surface area contributed by atoms with E-state index < -0.39 is 20.7 Å². The number of hydrogen-bond acceptors (Lipinski definition) is 7. The Labute approximate surface area is 192 Å². The van der Waals surface area contributed by atoms with Gasteiger partial charge in [0.05, 0.1) is 23.5 Å². The maximum atomic E-state index is 13.1. The summed E-state index contributed by atoms with van der Waals surface area (Å²) in [5.74, 6) is -0.262. The predicted octanol–water partition coefficient (Wildman–Crippen LogP) is 3.37. The molecule has 0 saturated heterocycles. The molecule has 0 unspecified atom stereocenters. The van der Waals surface area contributed by atoms with Crippen molar-refractivity contribution in [2.75, 3.05) is 17.1 Å². The average molecular weight is 468 g/mol. The highest BCUT2D eigenvalue weighted by Gasteiger charge is 2.37. The first-order chi connectivity index (χ1) is 15.7. The van der Waals surface area contributed by atoms with Crippen LogP contribution in [0.3, 0.4) is 0 Å². The smallest absolute Gasteiger partial charge is 0.240 e. The first-order valence-corrected chi connectivity index (χ1v) is 12.0. The number of benzene rings is 1. The van der Waals surface area contributed by atoms with Gasteiger partial charge in [0.25, 0.3) is 0 Å². The van der Waals surface area contributed by atoms with Gasteiger partial charge in [-0.05, 0) is 56.0 Å². The van der Waals surface area contributed by atoms with Crippen LogP contribution in [0.1, 0.15) is 32.4 Å². The quantitative estimate of drug-likeness (QED) is 0.521. The van der Waals surface area contributed by atoms with Crippen molar-refractivity contribution in [1.29, 1.82) is 0 Å². The lowest BCUT2D eigenvalue weighted by atomic mass is 9.87. The van der Waals surface area contributed by atoms with Gasteiger partial charge in [-0.3, -0.25) is 14.5 Å². The predicted molar refractivity (Wildman–Crippen MR) is 125 cm³/mol. The van der Waals surface area contributed by atoms with Crippen molar-refractivity contribution in [2.45, 2.75) is 37.4 Å². The number of carbonyl (C=O) groups excluding carboxylic acids is 1. The summed E-state index contributed by atoms with van der Waals surface area (Å²) in [5.41, 5.74) is 1.81. The summed E-state index contributed by atoms with van der Waals surface area (Å²) in [7, 11) is -2.14. The Morgan fingerprint density at radius 2 is 1.82 bits per heavy atom. The van der Waals surface area contributed by atoms with Crippen molar-refractivity contribution in [3.8, 4) is 17.0 Å². The van der Waals surface area contributed by atoms with E-state index >= 15 is 0 Å². The average Bonchev–Trinajstić information content (AvgIpc) is 3.66. The van der Waals surface area contributed by atoms with Crippen LogP contribution in [0.25, 0.3) is 11.1 Å². The minimum atomic E-state index is -3.56. The second-order valence-corrected chi connectivity index (χ2v) is 10.3. The molecule has 0 radical (unpaired) electrons. The standard InChI is InChI=1S/C23H25N5O4S/c1-23(2,19-13-20(32-3)27-22(26-19)28-33(30,31)18-10-11-18)21(29)25-17-8-6-15(7-9-17)16-5-4-12-24-14-16/h4-9,12-14,18H,10-11H2,1-3H3,(H,25,29)(H,26,27,28). The lowest BCUT2D eigenvalue weighted by Gasteiger charge is -2.24. The number of nitrogens with zero attached hydrogens (tertiary/aromatic N) is 3. The zero-order valence-electron chi connectivity index (χ0n) is 18.6. The van der Waals surface area contributed by atoms with E-state index in [0.29, 0.717) is 24.2 Å². The minimum Gasteiger partial charge on any atom is -0.481 e. The van der Waals surface area contributed by atoms with Gasteiger partial charge in [0.2, 0.25) is 27.8 Å². The Morgan fingerprint density at radius 3 is 2.42 bits per heavy atom. The van der Waals surface area contributed by atoms with E-state index in [9.17, 15) is 13.2 Å². The molecule has 1 aliphatic rings. The molecule has 0 spiro atoms. The summed E-state index contributed by atoms with van der Waals surface area (Å²) in [6.07, 6.45) is 4.71. The third-order valence-electron chi connectivity index (χ3n) is 5.45. The number of ether oxygens (including phenoxy) is 1. The maximum Gasteiger partial charge on any atom is 0.240 e. The fraction of sp³-hybridized carbons (Fsp3) is 0.304. The molecule has 1 aliphatic carbocycles. The Balaban J connectivity index is 1.54. The van der Waals surface area contributed by atoms with Crippen LogP contribution in [0.15, 0.2) is 54.9 Å². The van der Waals surface area contributed by atoms with E-state index in [4.69, 9.17) is 4.74 Å². The van der Waals surface area contributed by atoms with Crippen molar-refractivity contribution in [3.05, 3.63) is 60.6 Å². The Hall–Kier alpha value is -3.53. The number of methoxy groups -OCH3 is 1. The second kappa shape index (κ2) is 8.78. The molecule has 172 valence electrons. The van der Waals surface area contributed by atoms with Crippen molar-refractivity contribution in [3.63, 3.8) is 0 Å². The van der Waals surface area contributed by atoms with Crippen LogP contribution in [-0.4, -0.2) is 41.6 Å².